The first-order valence-electron chi connectivity index (χ1n) is 9.94. The van der Waals surface area contributed by atoms with E-state index in [0.29, 0.717) is 11.3 Å². The van der Waals surface area contributed by atoms with E-state index < -0.39 is 43.3 Å². The minimum Gasteiger partial charge on any atom is -0.444 e. The molecule has 0 radical (unpaired) electrons. The fourth-order valence-electron chi connectivity index (χ4n) is 2.85. The molecule has 0 fully saturated rings. The molecular formula is C19H22Cl3F3N4O5S. The summed E-state index contributed by atoms with van der Waals surface area (Å²) in [7, 11) is -5.53. The van der Waals surface area contributed by atoms with Crippen LogP contribution in [0.1, 0.15) is 43.4 Å². The number of Topliss-reactive ketones (excluding diaryl/α,β-unsaturated/α-hetero) is 1. The number of nitrogens with one attached hydrogen (secondary N) is 1. The Bertz CT molecular complexity index is 1190. The van der Waals surface area contributed by atoms with Gasteiger partial charge in [-0.1, -0.05) is 40.9 Å². The van der Waals surface area contributed by atoms with E-state index in [2.05, 4.69) is 4.98 Å². The van der Waals surface area contributed by atoms with Gasteiger partial charge in [-0.2, -0.15) is 13.2 Å². The lowest BCUT2D eigenvalue weighted by Crippen LogP contribution is -2.40. The third-order valence-electron chi connectivity index (χ3n) is 4.31. The van der Waals surface area contributed by atoms with Crippen LogP contribution in [0, 0.1) is 0 Å². The molecule has 2 aromatic heterocycles. The Kier molecular flexibility index (Phi) is 8.97. The van der Waals surface area contributed by atoms with Crippen LogP contribution in [0.4, 0.5) is 18.0 Å². The molecule has 0 bridgehead atoms. The average molecular weight is 582 g/mol. The van der Waals surface area contributed by atoms with E-state index in [0.717, 1.165) is 4.90 Å². The van der Waals surface area contributed by atoms with Gasteiger partial charge in [-0.25, -0.2) is 22.9 Å². The summed E-state index contributed by atoms with van der Waals surface area (Å²) in [6.07, 6.45) is 0.212. The number of amides is 1. The quantitative estimate of drug-likeness (QED) is 0.280. The van der Waals surface area contributed by atoms with Gasteiger partial charge in [-0.15, -0.1) is 0 Å². The number of sulfonamides is 1. The number of imidazole rings is 1. The van der Waals surface area contributed by atoms with Gasteiger partial charge in [-0.3, -0.25) is 9.20 Å². The van der Waals surface area contributed by atoms with Crippen molar-refractivity contribution in [3.05, 3.63) is 35.8 Å². The van der Waals surface area contributed by atoms with Gasteiger partial charge in [0.15, 0.2) is 0 Å². The molecule has 0 aliphatic rings. The van der Waals surface area contributed by atoms with E-state index in [-0.39, 0.29) is 25.2 Å². The van der Waals surface area contributed by atoms with Crippen LogP contribution in [0.2, 0.25) is 0 Å². The van der Waals surface area contributed by atoms with E-state index in [1.165, 1.54) is 15.3 Å². The molecule has 2 rings (SSSR count). The lowest BCUT2D eigenvalue weighted by molar-refractivity contribution is -0.0448. The van der Waals surface area contributed by atoms with Gasteiger partial charge in [0.2, 0.25) is 5.78 Å². The molecule has 0 atom stereocenters. The first kappa shape index (κ1) is 29.4. The van der Waals surface area contributed by atoms with E-state index >= 15 is 0 Å². The molecule has 2 heterocycles. The monoisotopic (exact) mass is 580 g/mol. The van der Waals surface area contributed by atoms with Crippen LogP contribution < -0.4 is 4.72 Å². The summed E-state index contributed by atoms with van der Waals surface area (Å²) >= 11 is 17.2. The summed E-state index contributed by atoms with van der Waals surface area (Å²) in [6.45, 7) is 3.90. The summed E-state index contributed by atoms with van der Waals surface area (Å²) in [4.78, 5) is 30.6. The number of carbonyl (C=O) groups excluding carboxylic acids is 2. The SMILES string of the molecule is CC(C)(C)OC(=O)N(CCCNS(=O)(=O)C(F)(F)F)Cc1cccc2ncc(C(=O)C(Cl)(Cl)Cl)n12. The first-order valence-corrected chi connectivity index (χ1v) is 12.6. The molecule has 0 aliphatic heterocycles. The molecular weight excluding hydrogens is 560 g/mol. The zero-order valence-corrected chi connectivity index (χ0v) is 21.8. The number of ether oxygens (including phenoxy) is 1. The molecule has 16 heteroatoms. The van der Waals surface area contributed by atoms with Crippen LogP contribution in [0.15, 0.2) is 24.4 Å². The highest BCUT2D eigenvalue weighted by atomic mass is 35.6. The normalized spacial score (nSPS) is 13.2. The maximum atomic E-state index is 12.8. The third-order valence-corrected chi connectivity index (χ3v) is 6.01. The molecule has 35 heavy (non-hydrogen) atoms. The molecule has 0 aliphatic carbocycles. The molecule has 196 valence electrons. The summed E-state index contributed by atoms with van der Waals surface area (Å²) in [6, 6.07) is 4.74. The second-order valence-electron chi connectivity index (χ2n) is 8.28. The first-order chi connectivity index (χ1) is 15.8. The minimum atomic E-state index is -5.53. The number of ketones is 1. The van der Waals surface area contributed by atoms with E-state index in [1.54, 1.807) is 39.0 Å². The smallest absolute Gasteiger partial charge is 0.444 e. The van der Waals surface area contributed by atoms with Crippen molar-refractivity contribution >= 4 is 62.3 Å². The maximum absolute atomic E-state index is 12.8. The zero-order valence-electron chi connectivity index (χ0n) is 18.7. The van der Waals surface area contributed by atoms with Crippen molar-refractivity contribution in [2.45, 2.75) is 48.6 Å². The van der Waals surface area contributed by atoms with Crippen molar-refractivity contribution in [2.24, 2.45) is 0 Å². The van der Waals surface area contributed by atoms with E-state index in [9.17, 15) is 31.2 Å². The Hall–Kier alpha value is -1.80. The third kappa shape index (κ3) is 7.84. The Labute approximate surface area is 214 Å². The average Bonchev–Trinajstić information content (AvgIpc) is 3.11. The Balaban J connectivity index is 2.32. The molecule has 0 aromatic carbocycles. The van der Waals surface area contributed by atoms with Gasteiger partial charge in [-0.05, 0) is 39.3 Å². The summed E-state index contributed by atoms with van der Waals surface area (Å²) in [5, 5.41) is 0. The van der Waals surface area contributed by atoms with Gasteiger partial charge in [0.25, 0.3) is 3.79 Å². The molecule has 9 nitrogen and oxygen atoms in total. The maximum Gasteiger partial charge on any atom is 0.511 e. The number of alkyl halides is 6. The standard InChI is InChI=1S/C19H22Cl3F3N4O5S/c1-17(2,3)34-16(31)28(9-5-8-27-35(32,33)19(23,24)25)11-12-6-4-7-14-26-10-13(29(12)14)15(30)18(20,21)22/h4,6-7,10,27H,5,8-9,11H2,1-3H3. The second kappa shape index (κ2) is 10.7. The van der Waals surface area contributed by atoms with Gasteiger partial charge >= 0.3 is 21.6 Å². The number of nitrogens with zero attached hydrogens (tertiary/aromatic N) is 3. The summed E-state index contributed by atoms with van der Waals surface area (Å²) < 4.78 is 65.9. The van der Waals surface area contributed by atoms with Crippen molar-refractivity contribution in [1.82, 2.24) is 19.0 Å². The number of carbonyl (C=O) groups is 2. The van der Waals surface area contributed by atoms with Crippen LogP contribution in [0.3, 0.4) is 0 Å². The number of pyridine rings is 1. The molecule has 0 spiro atoms. The van der Waals surface area contributed by atoms with Crippen LogP contribution >= 0.6 is 34.8 Å². The topological polar surface area (TPSA) is 110 Å². The van der Waals surface area contributed by atoms with Crippen molar-refractivity contribution in [1.29, 1.82) is 0 Å². The number of fused-ring (bicyclic) bond motifs is 1. The molecule has 0 unspecified atom stereocenters. The lowest BCUT2D eigenvalue weighted by Gasteiger charge is -2.28. The fraction of sp³-hybridized carbons (Fsp3) is 0.526. The van der Waals surface area contributed by atoms with Crippen LogP contribution in [0.5, 0.6) is 0 Å². The highest BCUT2D eigenvalue weighted by molar-refractivity contribution is 7.90. The number of hydrogen-bond acceptors (Lipinski definition) is 6. The molecule has 1 amide bonds. The van der Waals surface area contributed by atoms with Crippen molar-refractivity contribution in [2.75, 3.05) is 13.1 Å². The molecule has 1 N–H and O–H groups in total. The van der Waals surface area contributed by atoms with Crippen LogP contribution in [-0.4, -0.2) is 62.6 Å². The van der Waals surface area contributed by atoms with Gasteiger partial charge < -0.3 is 9.64 Å². The number of halogens is 6. The van der Waals surface area contributed by atoms with Crippen molar-refractivity contribution < 1.29 is 35.9 Å². The van der Waals surface area contributed by atoms with E-state index in [1.807, 2.05) is 0 Å². The van der Waals surface area contributed by atoms with Gasteiger partial charge in [0.1, 0.15) is 16.9 Å². The lowest BCUT2D eigenvalue weighted by atomic mass is 10.2. The highest BCUT2D eigenvalue weighted by Gasteiger charge is 2.45. The highest BCUT2D eigenvalue weighted by Crippen LogP contribution is 2.31. The summed E-state index contributed by atoms with van der Waals surface area (Å²) in [5.74, 6) is -0.868. The number of rotatable bonds is 8. The fourth-order valence-corrected chi connectivity index (χ4v) is 3.72. The second-order valence-corrected chi connectivity index (χ2v) is 12.3. The zero-order chi connectivity index (χ0) is 26.8. The Morgan fingerprint density at radius 1 is 1.17 bits per heavy atom. The minimum absolute atomic E-state index is 0.0716. The number of aromatic nitrogens is 2. The predicted octanol–water partition coefficient (Wildman–Crippen LogP) is 4.45. The summed E-state index contributed by atoms with van der Waals surface area (Å²) in [5.41, 5.74) is -5.77. The molecule has 0 saturated heterocycles. The Morgan fingerprint density at radius 3 is 2.34 bits per heavy atom. The Morgan fingerprint density at radius 2 is 1.80 bits per heavy atom. The molecule has 0 saturated carbocycles. The van der Waals surface area contributed by atoms with Gasteiger partial charge in [0, 0.05) is 18.8 Å². The van der Waals surface area contributed by atoms with Crippen LogP contribution in [0.25, 0.3) is 5.65 Å². The van der Waals surface area contributed by atoms with E-state index in [4.69, 9.17) is 39.5 Å². The van der Waals surface area contributed by atoms with Crippen molar-refractivity contribution in [3.8, 4) is 0 Å². The van der Waals surface area contributed by atoms with Crippen LogP contribution in [-0.2, 0) is 21.3 Å². The molecule has 2 aromatic rings. The van der Waals surface area contributed by atoms with Gasteiger partial charge in [0.05, 0.1) is 12.7 Å². The van der Waals surface area contributed by atoms with Crippen molar-refractivity contribution in [3.63, 3.8) is 0 Å². The largest absolute Gasteiger partial charge is 0.511 e. The number of hydrogen-bond donors (Lipinski definition) is 1. The predicted molar refractivity (Wildman–Crippen MR) is 124 cm³/mol.